The lowest BCUT2D eigenvalue weighted by atomic mass is 9.97. The van der Waals surface area contributed by atoms with Crippen LogP contribution >= 0.6 is 0 Å². The summed E-state index contributed by atoms with van der Waals surface area (Å²) in [4.78, 5) is 26.7. The lowest BCUT2D eigenvalue weighted by Gasteiger charge is -2.22. The summed E-state index contributed by atoms with van der Waals surface area (Å²) in [6.45, 7) is 1.24. The second kappa shape index (κ2) is 15.9. The minimum Gasteiger partial charge on any atom is -0.487 e. The molecule has 0 heterocycles. The summed E-state index contributed by atoms with van der Waals surface area (Å²) in [6.07, 6.45) is -1.78. The summed E-state index contributed by atoms with van der Waals surface area (Å²) in [5.74, 6) is -0.945. The quantitative estimate of drug-likeness (QED) is 0.124. The fourth-order valence-corrected chi connectivity index (χ4v) is 5.86. The lowest BCUT2D eigenvalue weighted by molar-refractivity contribution is 0.101. The number of anilines is 2. The zero-order chi connectivity index (χ0) is 34.8. The van der Waals surface area contributed by atoms with E-state index in [0.29, 0.717) is 11.1 Å². The van der Waals surface area contributed by atoms with Crippen LogP contribution in [-0.2, 0) is 27.3 Å². The van der Waals surface area contributed by atoms with E-state index >= 15 is 0 Å². The Labute approximate surface area is 284 Å². The summed E-state index contributed by atoms with van der Waals surface area (Å²) in [6, 6.07) is 35.6. The maximum absolute atomic E-state index is 13.4. The molecule has 0 saturated heterocycles. The molecule has 0 unspecified atom stereocenters. The third-order valence-corrected chi connectivity index (χ3v) is 8.77. The van der Waals surface area contributed by atoms with Crippen molar-refractivity contribution < 1.29 is 32.0 Å². The maximum atomic E-state index is 13.4. The standard InChI is InChI=1S/C38H33N3O7S/c1-26-17-19-31(20-18-26)49(45,46)48-25-30(42)21-32-33(23-39)36(41-38(44)29-15-9-4-10-16-29)35(47-24-27-11-5-2-6-12-27)22-34(32)40-37(43)28-13-7-3-8-14-28/h2-20,22,30,42H,21,24-25H2,1H3,(H,40,43)(H,41,44)/t30-/m0/s1. The van der Waals surface area contributed by atoms with Gasteiger partial charge in [0.15, 0.2) is 0 Å². The predicted octanol–water partition coefficient (Wildman–Crippen LogP) is 6.26. The van der Waals surface area contributed by atoms with Crippen LogP contribution < -0.4 is 15.4 Å². The van der Waals surface area contributed by atoms with Gasteiger partial charge in [-0.1, -0.05) is 84.4 Å². The van der Waals surface area contributed by atoms with Crippen molar-refractivity contribution in [2.24, 2.45) is 0 Å². The number of aryl methyl sites for hydroxylation is 1. The van der Waals surface area contributed by atoms with Crippen LogP contribution in [0.3, 0.4) is 0 Å². The van der Waals surface area contributed by atoms with Crippen LogP contribution in [0.2, 0.25) is 0 Å². The van der Waals surface area contributed by atoms with Gasteiger partial charge in [0.1, 0.15) is 24.1 Å². The first-order valence-corrected chi connectivity index (χ1v) is 16.7. The molecule has 3 N–H and O–H groups in total. The molecule has 0 saturated carbocycles. The Bertz CT molecular complexity index is 2070. The van der Waals surface area contributed by atoms with Crippen LogP contribution in [0.4, 0.5) is 11.4 Å². The van der Waals surface area contributed by atoms with Gasteiger partial charge in [-0.2, -0.15) is 13.7 Å². The number of nitriles is 1. The molecule has 0 spiro atoms. The smallest absolute Gasteiger partial charge is 0.297 e. The molecular formula is C38H33N3O7S. The van der Waals surface area contributed by atoms with Crippen LogP contribution in [0.25, 0.3) is 0 Å². The molecule has 10 nitrogen and oxygen atoms in total. The van der Waals surface area contributed by atoms with Crippen LogP contribution in [-0.4, -0.2) is 38.0 Å². The summed E-state index contributed by atoms with van der Waals surface area (Å²) >= 11 is 0. The van der Waals surface area contributed by atoms with Gasteiger partial charge in [0.05, 0.1) is 23.2 Å². The molecule has 5 aromatic carbocycles. The predicted molar refractivity (Wildman–Crippen MR) is 185 cm³/mol. The minimum absolute atomic E-state index is 0.0142. The normalized spacial score (nSPS) is 11.6. The summed E-state index contributed by atoms with van der Waals surface area (Å²) in [7, 11) is -4.21. The van der Waals surface area contributed by atoms with Crippen LogP contribution in [0.15, 0.2) is 126 Å². The molecule has 1 atom stereocenters. The van der Waals surface area contributed by atoms with Crippen molar-refractivity contribution in [1.82, 2.24) is 0 Å². The molecule has 0 fully saturated rings. The Morgan fingerprint density at radius 2 is 1.37 bits per heavy atom. The van der Waals surface area contributed by atoms with E-state index < -0.39 is 34.6 Å². The zero-order valence-electron chi connectivity index (χ0n) is 26.5. The Morgan fingerprint density at radius 1 is 0.816 bits per heavy atom. The third-order valence-electron chi connectivity index (χ3n) is 7.47. The van der Waals surface area contributed by atoms with Crippen LogP contribution in [0, 0.1) is 18.3 Å². The summed E-state index contributed by atoms with van der Waals surface area (Å²) < 4.78 is 37.0. The summed E-state index contributed by atoms with van der Waals surface area (Å²) in [5.41, 5.74) is 2.48. The molecule has 0 aromatic heterocycles. The van der Waals surface area contributed by atoms with Crippen molar-refractivity contribution >= 4 is 33.3 Å². The number of carbonyl (C=O) groups is 2. The van der Waals surface area contributed by atoms with Gasteiger partial charge in [-0.05, 0) is 54.4 Å². The first-order chi connectivity index (χ1) is 23.6. The van der Waals surface area contributed by atoms with Gasteiger partial charge in [-0.15, -0.1) is 0 Å². The van der Waals surface area contributed by atoms with Crippen molar-refractivity contribution in [1.29, 1.82) is 5.26 Å². The molecule has 5 rings (SSSR count). The van der Waals surface area contributed by atoms with Crippen LogP contribution in [0.5, 0.6) is 5.75 Å². The Kier molecular flexibility index (Phi) is 11.2. The van der Waals surface area contributed by atoms with E-state index in [1.807, 2.05) is 37.3 Å². The molecule has 248 valence electrons. The number of aliphatic hydroxyl groups excluding tert-OH is 1. The number of hydrogen-bond acceptors (Lipinski definition) is 8. The largest absolute Gasteiger partial charge is 0.487 e. The molecule has 0 radical (unpaired) electrons. The highest BCUT2D eigenvalue weighted by Crippen LogP contribution is 2.38. The first kappa shape index (κ1) is 34.5. The summed E-state index contributed by atoms with van der Waals surface area (Å²) in [5, 5.41) is 27.2. The first-order valence-electron chi connectivity index (χ1n) is 15.3. The van der Waals surface area contributed by atoms with Crippen molar-refractivity contribution in [2.75, 3.05) is 17.2 Å². The van der Waals surface area contributed by atoms with Crippen molar-refractivity contribution in [3.05, 3.63) is 155 Å². The highest BCUT2D eigenvalue weighted by atomic mass is 32.2. The fraction of sp³-hybridized carbons (Fsp3) is 0.132. The minimum atomic E-state index is -4.21. The van der Waals surface area contributed by atoms with Crippen molar-refractivity contribution in [3.63, 3.8) is 0 Å². The highest BCUT2D eigenvalue weighted by Gasteiger charge is 2.26. The zero-order valence-corrected chi connectivity index (χ0v) is 27.3. The SMILES string of the molecule is Cc1ccc(S(=O)(=O)OC[C@@H](O)Cc2c(NC(=O)c3ccccc3)cc(OCc3ccccc3)c(NC(=O)c3ccccc3)c2C#N)cc1. The van der Waals surface area contributed by atoms with Gasteiger partial charge in [0.2, 0.25) is 0 Å². The van der Waals surface area contributed by atoms with Crippen LogP contribution in [0.1, 0.15) is 43.0 Å². The molecule has 2 amide bonds. The number of ether oxygens (including phenoxy) is 1. The van der Waals surface area contributed by atoms with Crippen molar-refractivity contribution in [3.8, 4) is 11.8 Å². The molecule has 11 heteroatoms. The number of amides is 2. The lowest BCUT2D eigenvalue weighted by Crippen LogP contribution is -2.24. The average molecular weight is 676 g/mol. The van der Waals surface area contributed by atoms with Gasteiger partial charge in [0.25, 0.3) is 21.9 Å². The van der Waals surface area contributed by atoms with Gasteiger partial charge in [-0.3, -0.25) is 13.8 Å². The van der Waals surface area contributed by atoms with Gasteiger partial charge in [-0.25, -0.2) is 0 Å². The Balaban J connectivity index is 1.54. The van der Waals surface area contributed by atoms with E-state index in [1.165, 1.54) is 18.2 Å². The monoisotopic (exact) mass is 675 g/mol. The highest BCUT2D eigenvalue weighted by molar-refractivity contribution is 7.86. The Morgan fingerprint density at radius 3 is 1.94 bits per heavy atom. The number of aliphatic hydroxyl groups is 1. The second-order valence-corrected chi connectivity index (χ2v) is 12.7. The molecule has 0 bridgehead atoms. The average Bonchev–Trinajstić information content (AvgIpc) is 3.12. The molecule has 49 heavy (non-hydrogen) atoms. The molecule has 0 aliphatic heterocycles. The molecule has 0 aliphatic rings. The molecule has 5 aromatic rings. The number of nitrogens with one attached hydrogen (secondary N) is 2. The van der Waals surface area contributed by atoms with Gasteiger partial charge in [0, 0.05) is 29.3 Å². The van der Waals surface area contributed by atoms with E-state index in [9.17, 15) is 28.4 Å². The molecular weight excluding hydrogens is 642 g/mol. The third kappa shape index (κ3) is 8.97. The fourth-order valence-electron chi connectivity index (χ4n) is 4.91. The number of rotatable bonds is 13. The number of carbonyl (C=O) groups excluding carboxylic acids is 2. The second-order valence-electron chi connectivity index (χ2n) is 11.1. The van der Waals surface area contributed by atoms with Gasteiger partial charge >= 0.3 is 0 Å². The van der Waals surface area contributed by atoms with E-state index in [1.54, 1.807) is 72.8 Å². The van der Waals surface area contributed by atoms with E-state index in [4.69, 9.17) is 8.92 Å². The number of benzene rings is 5. The van der Waals surface area contributed by atoms with E-state index in [2.05, 4.69) is 16.7 Å². The number of nitrogens with zero attached hydrogens (tertiary/aromatic N) is 1. The van der Waals surface area contributed by atoms with E-state index in [-0.39, 0.29) is 46.2 Å². The molecule has 0 aliphatic carbocycles. The Hall–Kier alpha value is -5.80. The number of hydrogen-bond donors (Lipinski definition) is 3. The van der Waals surface area contributed by atoms with Gasteiger partial charge < -0.3 is 20.5 Å². The van der Waals surface area contributed by atoms with Crippen molar-refractivity contribution in [2.45, 2.75) is 31.0 Å². The van der Waals surface area contributed by atoms with E-state index in [0.717, 1.165) is 11.1 Å². The topological polar surface area (TPSA) is 155 Å². The maximum Gasteiger partial charge on any atom is 0.297 e.